The van der Waals surface area contributed by atoms with Gasteiger partial charge in [0.15, 0.2) is 0 Å². The molecule has 3 unspecified atom stereocenters. The molecule has 2 fully saturated rings. The Balaban J connectivity index is 1.77. The largest absolute Gasteiger partial charge is 0.464 e. The molecule has 0 spiro atoms. The van der Waals surface area contributed by atoms with Gasteiger partial charge in [0.2, 0.25) is 0 Å². The number of amides is 1. The monoisotopic (exact) mass is 451 g/mol. The summed E-state index contributed by atoms with van der Waals surface area (Å²) in [5, 5.41) is 2.96. The van der Waals surface area contributed by atoms with E-state index >= 15 is 0 Å². The molecule has 0 saturated heterocycles. The van der Waals surface area contributed by atoms with Crippen LogP contribution in [0.15, 0.2) is 0 Å². The van der Waals surface area contributed by atoms with Crippen molar-refractivity contribution in [1.82, 2.24) is 5.32 Å². The molecular weight excluding hydrogens is 402 g/mol. The summed E-state index contributed by atoms with van der Waals surface area (Å²) in [5.74, 6) is 1.18. The first-order chi connectivity index (χ1) is 15.4. The van der Waals surface area contributed by atoms with E-state index in [0.717, 1.165) is 38.5 Å². The summed E-state index contributed by atoms with van der Waals surface area (Å²) < 4.78 is 11.5. The van der Waals surface area contributed by atoms with Crippen LogP contribution >= 0.6 is 0 Å². The van der Waals surface area contributed by atoms with Crippen molar-refractivity contribution in [2.24, 2.45) is 17.8 Å². The summed E-state index contributed by atoms with van der Waals surface area (Å²) in [6.45, 7) is 9.32. The summed E-state index contributed by atoms with van der Waals surface area (Å²) in [5.41, 5.74) is -0.898. The molecule has 0 aliphatic heterocycles. The zero-order valence-electron chi connectivity index (χ0n) is 21.3. The zero-order valence-corrected chi connectivity index (χ0v) is 21.3. The molecule has 2 aliphatic rings. The number of esters is 1. The Kier molecular flexibility index (Phi) is 11.9. The van der Waals surface area contributed by atoms with Crippen LogP contribution in [0.5, 0.6) is 0 Å². The van der Waals surface area contributed by atoms with E-state index in [0.29, 0.717) is 37.2 Å². The standard InChI is InChI=1S/C27H49NO4/c1-5-6-7-8-9-10-11-14-19-31-25(29)27(17-12-13-18-27)28-26(30)32-24-20-22(4)15-16-23(24)21(2)3/h21-24H,5-20H2,1-4H3,(H,28,30). The molecule has 0 aromatic rings. The highest BCUT2D eigenvalue weighted by Gasteiger charge is 2.45. The fourth-order valence-corrected chi connectivity index (χ4v) is 5.51. The molecular formula is C27H49NO4. The summed E-state index contributed by atoms with van der Waals surface area (Å²) in [7, 11) is 0. The van der Waals surface area contributed by atoms with Gasteiger partial charge in [0, 0.05) is 0 Å². The molecule has 0 aromatic carbocycles. The second kappa shape index (κ2) is 14.1. The third-order valence-electron chi connectivity index (χ3n) is 7.64. The Hall–Kier alpha value is -1.26. The molecule has 1 amide bonds. The van der Waals surface area contributed by atoms with Crippen molar-refractivity contribution in [3.8, 4) is 0 Å². The number of hydrogen-bond donors (Lipinski definition) is 1. The van der Waals surface area contributed by atoms with Crippen molar-refractivity contribution in [3.05, 3.63) is 0 Å². The summed E-state index contributed by atoms with van der Waals surface area (Å²) >= 11 is 0. The van der Waals surface area contributed by atoms with Gasteiger partial charge in [-0.05, 0) is 49.9 Å². The Morgan fingerprint density at radius 1 is 0.969 bits per heavy atom. The molecule has 1 N–H and O–H groups in total. The number of ether oxygens (including phenoxy) is 2. The van der Waals surface area contributed by atoms with Crippen LogP contribution in [0.2, 0.25) is 0 Å². The second-order valence-corrected chi connectivity index (χ2v) is 10.8. The van der Waals surface area contributed by atoms with Gasteiger partial charge in [-0.2, -0.15) is 0 Å². The summed E-state index contributed by atoms with van der Waals surface area (Å²) in [6, 6.07) is 0. The Bertz CT molecular complexity index is 556. The van der Waals surface area contributed by atoms with E-state index in [1.165, 1.54) is 44.9 Å². The molecule has 0 heterocycles. The normalized spacial score (nSPS) is 25.0. The van der Waals surface area contributed by atoms with Crippen LogP contribution in [-0.2, 0) is 14.3 Å². The molecule has 2 rings (SSSR count). The van der Waals surface area contributed by atoms with Gasteiger partial charge in [0.25, 0.3) is 0 Å². The number of alkyl carbamates (subject to hydrolysis) is 1. The summed E-state index contributed by atoms with van der Waals surface area (Å²) in [6.07, 6.45) is 15.5. The minimum atomic E-state index is -0.898. The van der Waals surface area contributed by atoms with E-state index in [1.807, 2.05) is 0 Å². The Morgan fingerprint density at radius 2 is 1.59 bits per heavy atom. The van der Waals surface area contributed by atoms with Crippen LogP contribution in [0.1, 0.15) is 124 Å². The van der Waals surface area contributed by atoms with Gasteiger partial charge in [-0.15, -0.1) is 0 Å². The minimum absolute atomic E-state index is 0.0643. The maximum atomic E-state index is 12.9. The number of carbonyl (C=O) groups is 2. The lowest BCUT2D eigenvalue weighted by Gasteiger charge is -2.37. The van der Waals surface area contributed by atoms with Crippen molar-refractivity contribution in [3.63, 3.8) is 0 Å². The van der Waals surface area contributed by atoms with Gasteiger partial charge in [-0.1, -0.05) is 91.9 Å². The number of unbranched alkanes of at least 4 members (excludes halogenated alkanes) is 7. The number of rotatable bonds is 13. The molecule has 3 atom stereocenters. The molecule has 32 heavy (non-hydrogen) atoms. The first kappa shape index (κ1) is 27.0. The lowest BCUT2D eigenvalue weighted by Crippen LogP contribution is -2.54. The van der Waals surface area contributed by atoms with Crippen molar-refractivity contribution >= 4 is 12.1 Å². The SMILES string of the molecule is CCCCCCCCCCOC(=O)C1(NC(=O)OC2CC(C)CCC2C(C)C)CCCC1. The van der Waals surface area contributed by atoms with Gasteiger partial charge < -0.3 is 14.8 Å². The van der Waals surface area contributed by atoms with E-state index < -0.39 is 11.6 Å². The van der Waals surface area contributed by atoms with Crippen molar-refractivity contribution < 1.29 is 19.1 Å². The van der Waals surface area contributed by atoms with Gasteiger partial charge in [0.05, 0.1) is 6.61 Å². The van der Waals surface area contributed by atoms with Crippen LogP contribution in [0, 0.1) is 17.8 Å². The highest BCUT2D eigenvalue weighted by molar-refractivity contribution is 5.86. The lowest BCUT2D eigenvalue weighted by atomic mass is 9.75. The first-order valence-electron chi connectivity index (χ1n) is 13.5. The van der Waals surface area contributed by atoms with Gasteiger partial charge >= 0.3 is 12.1 Å². The Morgan fingerprint density at radius 3 is 2.22 bits per heavy atom. The van der Waals surface area contributed by atoms with Crippen LogP contribution in [0.25, 0.3) is 0 Å². The molecule has 2 saturated carbocycles. The average molecular weight is 452 g/mol. The highest BCUT2D eigenvalue weighted by Crippen LogP contribution is 2.36. The topological polar surface area (TPSA) is 64.6 Å². The third kappa shape index (κ3) is 8.59. The average Bonchev–Trinajstić information content (AvgIpc) is 3.21. The molecule has 0 aromatic heterocycles. The fourth-order valence-electron chi connectivity index (χ4n) is 5.51. The van der Waals surface area contributed by atoms with E-state index in [2.05, 4.69) is 33.0 Å². The second-order valence-electron chi connectivity index (χ2n) is 10.8. The predicted molar refractivity (Wildman–Crippen MR) is 130 cm³/mol. The highest BCUT2D eigenvalue weighted by atomic mass is 16.6. The number of carbonyl (C=O) groups excluding carboxylic acids is 2. The molecule has 2 aliphatic carbocycles. The third-order valence-corrected chi connectivity index (χ3v) is 7.64. The van der Waals surface area contributed by atoms with E-state index in [4.69, 9.17) is 9.47 Å². The van der Waals surface area contributed by atoms with E-state index in [9.17, 15) is 9.59 Å². The van der Waals surface area contributed by atoms with Gasteiger partial charge in [-0.3, -0.25) is 0 Å². The van der Waals surface area contributed by atoms with Gasteiger partial charge in [-0.25, -0.2) is 9.59 Å². The molecule has 0 radical (unpaired) electrons. The molecule has 186 valence electrons. The van der Waals surface area contributed by atoms with Crippen molar-refractivity contribution in [1.29, 1.82) is 0 Å². The first-order valence-corrected chi connectivity index (χ1v) is 13.5. The maximum Gasteiger partial charge on any atom is 0.408 e. The van der Waals surface area contributed by atoms with Crippen molar-refractivity contribution in [2.75, 3.05) is 6.61 Å². The van der Waals surface area contributed by atoms with Crippen molar-refractivity contribution in [2.45, 2.75) is 136 Å². The molecule has 0 bridgehead atoms. The van der Waals surface area contributed by atoms with Gasteiger partial charge in [0.1, 0.15) is 11.6 Å². The Labute approximate surface area is 196 Å². The molecule has 5 heteroatoms. The smallest absolute Gasteiger partial charge is 0.408 e. The lowest BCUT2D eigenvalue weighted by molar-refractivity contribution is -0.151. The minimum Gasteiger partial charge on any atom is -0.464 e. The predicted octanol–water partition coefficient (Wildman–Crippen LogP) is 7.17. The summed E-state index contributed by atoms with van der Waals surface area (Å²) in [4.78, 5) is 25.8. The van der Waals surface area contributed by atoms with E-state index in [1.54, 1.807) is 0 Å². The van der Waals surface area contributed by atoms with Crippen LogP contribution in [0.3, 0.4) is 0 Å². The maximum absolute atomic E-state index is 12.9. The quantitative estimate of drug-likeness (QED) is 0.238. The number of nitrogens with one attached hydrogen (secondary N) is 1. The van der Waals surface area contributed by atoms with Crippen LogP contribution < -0.4 is 5.32 Å². The fraction of sp³-hybridized carbons (Fsp3) is 0.926. The number of hydrogen-bond acceptors (Lipinski definition) is 4. The zero-order chi connectivity index (χ0) is 23.4. The molecule has 5 nitrogen and oxygen atoms in total. The van der Waals surface area contributed by atoms with Crippen LogP contribution in [-0.4, -0.2) is 30.3 Å². The van der Waals surface area contributed by atoms with Crippen LogP contribution in [0.4, 0.5) is 4.79 Å². The van der Waals surface area contributed by atoms with E-state index in [-0.39, 0.29) is 12.1 Å².